The Kier molecular flexibility index (Phi) is 3.40. The molecule has 2 heterocycles. The summed E-state index contributed by atoms with van der Waals surface area (Å²) in [6.07, 6.45) is 8.07. The van der Waals surface area contributed by atoms with E-state index in [1.54, 1.807) is 0 Å². The fourth-order valence-electron chi connectivity index (χ4n) is 3.71. The summed E-state index contributed by atoms with van der Waals surface area (Å²) in [6.45, 7) is 2.33. The van der Waals surface area contributed by atoms with Gasteiger partial charge in [0.15, 0.2) is 0 Å². The van der Waals surface area contributed by atoms with E-state index in [2.05, 4.69) is 52.7 Å². The van der Waals surface area contributed by atoms with Gasteiger partial charge in [-0.1, -0.05) is 24.3 Å². The van der Waals surface area contributed by atoms with Gasteiger partial charge in [-0.25, -0.2) is 0 Å². The normalized spacial score (nSPS) is 26.5. The number of likely N-dealkylation sites (tertiary alicyclic amines) is 1. The third kappa shape index (κ3) is 2.56. The first kappa shape index (κ1) is 13.2. The van der Waals surface area contributed by atoms with Crippen LogP contribution in [0, 0.1) is 5.92 Å². The molecular formula is C18H23N3. The van der Waals surface area contributed by atoms with E-state index in [1.807, 2.05) is 6.20 Å². The molecule has 0 radical (unpaired) electrons. The average Bonchev–Trinajstić information content (AvgIpc) is 3.28. The first-order valence-corrected chi connectivity index (χ1v) is 8.09. The fourth-order valence-corrected chi connectivity index (χ4v) is 3.71. The Bertz CT molecular complexity index is 630. The first-order valence-electron chi connectivity index (χ1n) is 8.09. The van der Waals surface area contributed by atoms with E-state index >= 15 is 0 Å². The smallest absolute Gasteiger partial charge is 0.0407 e. The van der Waals surface area contributed by atoms with Crippen LogP contribution in [-0.2, 0) is 0 Å². The van der Waals surface area contributed by atoms with Crippen molar-refractivity contribution in [2.45, 2.75) is 31.3 Å². The quantitative estimate of drug-likeness (QED) is 0.934. The predicted octanol–water partition coefficient (Wildman–Crippen LogP) is 2.98. The first-order chi connectivity index (χ1) is 10.3. The molecule has 2 fully saturated rings. The zero-order valence-electron chi connectivity index (χ0n) is 12.6. The summed E-state index contributed by atoms with van der Waals surface area (Å²) in [5.41, 5.74) is 1.40. The van der Waals surface area contributed by atoms with Crippen LogP contribution < -0.4 is 5.32 Å². The minimum Gasteiger partial charge on any atom is -0.314 e. The van der Waals surface area contributed by atoms with Gasteiger partial charge >= 0.3 is 0 Å². The van der Waals surface area contributed by atoms with Gasteiger partial charge in [0.1, 0.15) is 0 Å². The number of hydrogen-bond donors (Lipinski definition) is 1. The summed E-state index contributed by atoms with van der Waals surface area (Å²) in [4.78, 5) is 6.99. The Hall–Kier alpha value is -1.45. The van der Waals surface area contributed by atoms with E-state index in [4.69, 9.17) is 0 Å². The number of fused-ring (bicyclic) bond motifs is 1. The Morgan fingerprint density at radius 1 is 1.19 bits per heavy atom. The third-order valence-electron chi connectivity index (χ3n) is 5.04. The number of pyridine rings is 1. The third-order valence-corrected chi connectivity index (χ3v) is 5.04. The number of nitrogens with zero attached hydrogens (tertiary/aromatic N) is 2. The number of rotatable bonds is 4. The molecule has 1 aromatic heterocycles. The molecule has 2 unspecified atom stereocenters. The van der Waals surface area contributed by atoms with Gasteiger partial charge < -0.3 is 5.32 Å². The molecule has 21 heavy (non-hydrogen) atoms. The molecule has 1 N–H and O–H groups in total. The molecule has 110 valence electrons. The molecule has 3 heteroatoms. The van der Waals surface area contributed by atoms with Crippen LogP contribution in [0.3, 0.4) is 0 Å². The van der Waals surface area contributed by atoms with Gasteiger partial charge in [0.25, 0.3) is 0 Å². The maximum Gasteiger partial charge on any atom is 0.0407 e. The van der Waals surface area contributed by atoms with Crippen LogP contribution in [0.25, 0.3) is 10.8 Å². The summed E-state index contributed by atoms with van der Waals surface area (Å²) in [5, 5.41) is 6.34. The van der Waals surface area contributed by atoms with E-state index in [1.165, 1.54) is 42.1 Å². The van der Waals surface area contributed by atoms with Gasteiger partial charge in [-0.3, -0.25) is 9.88 Å². The van der Waals surface area contributed by atoms with Crippen LogP contribution >= 0.6 is 0 Å². The topological polar surface area (TPSA) is 28.2 Å². The van der Waals surface area contributed by atoms with E-state index in [0.717, 1.165) is 12.6 Å². The second-order valence-electron chi connectivity index (χ2n) is 6.61. The van der Waals surface area contributed by atoms with E-state index in [0.29, 0.717) is 12.0 Å². The Labute approximate surface area is 126 Å². The molecule has 1 saturated carbocycles. The summed E-state index contributed by atoms with van der Waals surface area (Å²) in [5.74, 6) is 0.697. The zero-order chi connectivity index (χ0) is 14.2. The molecule has 0 spiro atoms. The van der Waals surface area contributed by atoms with E-state index < -0.39 is 0 Å². The van der Waals surface area contributed by atoms with E-state index in [-0.39, 0.29) is 0 Å². The second-order valence-corrected chi connectivity index (χ2v) is 6.61. The van der Waals surface area contributed by atoms with Gasteiger partial charge in [0, 0.05) is 36.4 Å². The minimum atomic E-state index is 0.495. The highest BCUT2D eigenvalue weighted by atomic mass is 15.2. The molecule has 1 aromatic carbocycles. The molecule has 2 aliphatic rings. The summed E-state index contributed by atoms with van der Waals surface area (Å²) in [7, 11) is 2.25. The summed E-state index contributed by atoms with van der Waals surface area (Å²) in [6, 6.07) is 9.93. The van der Waals surface area contributed by atoms with Crippen molar-refractivity contribution in [3.8, 4) is 0 Å². The lowest BCUT2D eigenvalue weighted by molar-refractivity contribution is 0.273. The van der Waals surface area contributed by atoms with Crippen molar-refractivity contribution in [2.24, 2.45) is 5.92 Å². The fraction of sp³-hybridized carbons (Fsp3) is 0.500. The van der Waals surface area contributed by atoms with Crippen LogP contribution in [0.15, 0.2) is 36.7 Å². The van der Waals surface area contributed by atoms with Crippen molar-refractivity contribution in [1.82, 2.24) is 15.2 Å². The SMILES string of the molecule is CN1CCC(CNC2CC2)C1c1cncc2ccccc12. The van der Waals surface area contributed by atoms with E-state index in [9.17, 15) is 0 Å². The van der Waals surface area contributed by atoms with Crippen LogP contribution in [0.1, 0.15) is 30.9 Å². The molecule has 1 aliphatic carbocycles. The maximum absolute atomic E-state index is 4.49. The van der Waals surface area contributed by atoms with Gasteiger partial charge in [-0.15, -0.1) is 0 Å². The predicted molar refractivity (Wildman–Crippen MR) is 86.2 cm³/mol. The number of benzene rings is 1. The Morgan fingerprint density at radius 2 is 2.05 bits per heavy atom. The highest BCUT2D eigenvalue weighted by Crippen LogP contribution is 2.38. The molecule has 3 nitrogen and oxygen atoms in total. The van der Waals surface area contributed by atoms with Crippen molar-refractivity contribution >= 4 is 10.8 Å². The van der Waals surface area contributed by atoms with Crippen LogP contribution in [-0.4, -0.2) is 36.1 Å². The Morgan fingerprint density at radius 3 is 2.90 bits per heavy atom. The van der Waals surface area contributed by atoms with Crippen LogP contribution in [0.5, 0.6) is 0 Å². The van der Waals surface area contributed by atoms with Gasteiger partial charge in [0.2, 0.25) is 0 Å². The molecule has 0 bridgehead atoms. The van der Waals surface area contributed by atoms with Crippen molar-refractivity contribution in [3.05, 3.63) is 42.2 Å². The van der Waals surface area contributed by atoms with Crippen molar-refractivity contribution in [1.29, 1.82) is 0 Å². The summed E-state index contributed by atoms with van der Waals surface area (Å²) >= 11 is 0. The Balaban J connectivity index is 1.67. The minimum absolute atomic E-state index is 0.495. The number of aromatic nitrogens is 1. The van der Waals surface area contributed by atoms with Gasteiger partial charge in [-0.05, 0) is 49.7 Å². The highest BCUT2D eigenvalue weighted by molar-refractivity contribution is 5.85. The van der Waals surface area contributed by atoms with Crippen molar-refractivity contribution in [2.75, 3.05) is 20.1 Å². The van der Waals surface area contributed by atoms with Crippen LogP contribution in [0.2, 0.25) is 0 Å². The van der Waals surface area contributed by atoms with Crippen molar-refractivity contribution in [3.63, 3.8) is 0 Å². The lowest BCUT2D eigenvalue weighted by Crippen LogP contribution is -2.29. The standard InChI is InChI=1S/C18H23N3/c1-21-9-8-14(11-20-15-6-7-15)18(21)17-12-19-10-13-4-2-3-5-16(13)17/h2-5,10,12,14-15,18,20H,6-9,11H2,1H3. The summed E-state index contributed by atoms with van der Waals surface area (Å²) < 4.78 is 0. The molecule has 1 saturated heterocycles. The zero-order valence-corrected chi connectivity index (χ0v) is 12.6. The molecule has 2 atom stereocenters. The van der Waals surface area contributed by atoms with Gasteiger partial charge in [-0.2, -0.15) is 0 Å². The lowest BCUT2D eigenvalue weighted by Gasteiger charge is -2.26. The molecule has 2 aromatic rings. The largest absolute Gasteiger partial charge is 0.314 e. The maximum atomic E-state index is 4.49. The van der Waals surface area contributed by atoms with Crippen LogP contribution in [0.4, 0.5) is 0 Å². The van der Waals surface area contributed by atoms with Gasteiger partial charge in [0.05, 0.1) is 0 Å². The highest BCUT2D eigenvalue weighted by Gasteiger charge is 2.35. The average molecular weight is 281 g/mol. The number of nitrogens with one attached hydrogen (secondary N) is 1. The lowest BCUT2D eigenvalue weighted by atomic mass is 9.91. The monoisotopic (exact) mass is 281 g/mol. The molecule has 0 amide bonds. The molecule has 4 rings (SSSR count). The molecular weight excluding hydrogens is 258 g/mol. The van der Waals surface area contributed by atoms with Crippen molar-refractivity contribution < 1.29 is 0 Å². The molecule has 1 aliphatic heterocycles. The number of hydrogen-bond acceptors (Lipinski definition) is 3. The second kappa shape index (κ2) is 5.39.